The van der Waals surface area contributed by atoms with Gasteiger partial charge in [-0.1, -0.05) is 30.7 Å². The fourth-order valence-corrected chi connectivity index (χ4v) is 4.56. The second kappa shape index (κ2) is 6.25. The van der Waals surface area contributed by atoms with Gasteiger partial charge in [0.05, 0.1) is 11.0 Å². The molecule has 2 atom stereocenters. The minimum atomic E-state index is -2.87. The van der Waals surface area contributed by atoms with Gasteiger partial charge in [0, 0.05) is 17.6 Å². The number of rotatable bonds is 5. The number of halogens is 1. The summed E-state index contributed by atoms with van der Waals surface area (Å²) in [5, 5.41) is 3.87. The molecule has 1 aliphatic rings. The molecule has 106 valence electrons. The van der Waals surface area contributed by atoms with Gasteiger partial charge < -0.3 is 5.32 Å². The zero-order valence-electron chi connectivity index (χ0n) is 11.1. The maximum Gasteiger partial charge on any atom is 0.154 e. The lowest BCUT2D eigenvalue weighted by Gasteiger charge is -2.20. The van der Waals surface area contributed by atoms with Crippen molar-refractivity contribution in [1.29, 1.82) is 0 Å². The van der Waals surface area contributed by atoms with Gasteiger partial charge >= 0.3 is 0 Å². The molecule has 19 heavy (non-hydrogen) atoms. The summed E-state index contributed by atoms with van der Waals surface area (Å²) in [6.45, 7) is 2.62. The molecule has 0 spiro atoms. The molecular weight excluding hydrogens is 282 g/mol. The summed E-state index contributed by atoms with van der Waals surface area (Å²) in [6, 6.07) is 7.89. The van der Waals surface area contributed by atoms with E-state index in [-0.39, 0.29) is 11.3 Å². The summed E-state index contributed by atoms with van der Waals surface area (Å²) in [7, 11) is -2.87. The van der Waals surface area contributed by atoms with Crippen LogP contribution in [-0.2, 0) is 9.84 Å². The van der Waals surface area contributed by atoms with E-state index in [4.69, 9.17) is 11.6 Å². The molecule has 1 N–H and O–H groups in total. The summed E-state index contributed by atoms with van der Waals surface area (Å²) in [4.78, 5) is 0. The summed E-state index contributed by atoms with van der Waals surface area (Å²) >= 11 is 5.99. The van der Waals surface area contributed by atoms with Crippen LogP contribution >= 0.6 is 11.6 Å². The zero-order chi connectivity index (χ0) is 13.9. The van der Waals surface area contributed by atoms with Crippen molar-refractivity contribution in [2.45, 2.75) is 37.5 Å². The van der Waals surface area contributed by atoms with Crippen LogP contribution in [0.1, 0.15) is 37.8 Å². The van der Waals surface area contributed by atoms with E-state index in [2.05, 4.69) is 12.2 Å². The average molecular weight is 302 g/mol. The van der Waals surface area contributed by atoms with Crippen LogP contribution < -0.4 is 5.32 Å². The van der Waals surface area contributed by atoms with Gasteiger partial charge in [0.1, 0.15) is 0 Å². The van der Waals surface area contributed by atoms with Crippen LogP contribution in [0, 0.1) is 0 Å². The average Bonchev–Trinajstić information content (AvgIpc) is 2.70. The maximum absolute atomic E-state index is 11.8. The van der Waals surface area contributed by atoms with Gasteiger partial charge in [-0.25, -0.2) is 8.42 Å². The van der Waals surface area contributed by atoms with E-state index in [0.29, 0.717) is 17.3 Å². The van der Waals surface area contributed by atoms with Crippen molar-refractivity contribution in [1.82, 2.24) is 5.32 Å². The minimum Gasteiger partial charge on any atom is -0.309 e. The van der Waals surface area contributed by atoms with Crippen molar-refractivity contribution >= 4 is 21.4 Å². The van der Waals surface area contributed by atoms with E-state index in [1.165, 1.54) is 0 Å². The lowest BCUT2D eigenvalue weighted by molar-refractivity contribution is 0.502. The number of benzene rings is 1. The van der Waals surface area contributed by atoms with Crippen LogP contribution in [0.3, 0.4) is 0 Å². The van der Waals surface area contributed by atoms with E-state index < -0.39 is 9.84 Å². The highest BCUT2D eigenvalue weighted by Crippen LogP contribution is 2.23. The van der Waals surface area contributed by atoms with Gasteiger partial charge in [-0.05, 0) is 37.0 Å². The summed E-state index contributed by atoms with van der Waals surface area (Å²) in [6.07, 6.45) is 2.48. The first-order valence-electron chi connectivity index (χ1n) is 6.73. The van der Waals surface area contributed by atoms with E-state index in [1.54, 1.807) is 0 Å². The SMILES string of the molecule is CCC(NCC1CCCS1(=O)=O)c1cccc(Cl)c1. The Kier molecular flexibility index (Phi) is 4.87. The van der Waals surface area contributed by atoms with Gasteiger partial charge in [0.2, 0.25) is 0 Å². The summed E-state index contributed by atoms with van der Waals surface area (Å²) in [5.74, 6) is 0.341. The van der Waals surface area contributed by atoms with Crippen LogP contribution in [0.15, 0.2) is 24.3 Å². The quantitative estimate of drug-likeness (QED) is 0.909. The van der Waals surface area contributed by atoms with E-state index in [9.17, 15) is 8.42 Å². The third-order valence-corrected chi connectivity index (χ3v) is 6.22. The highest BCUT2D eigenvalue weighted by atomic mass is 35.5. The highest BCUT2D eigenvalue weighted by molar-refractivity contribution is 7.92. The first kappa shape index (κ1) is 14.8. The molecule has 0 aromatic heterocycles. The predicted molar refractivity (Wildman–Crippen MR) is 79.3 cm³/mol. The zero-order valence-corrected chi connectivity index (χ0v) is 12.7. The second-order valence-corrected chi connectivity index (χ2v) is 7.89. The molecule has 5 heteroatoms. The smallest absolute Gasteiger partial charge is 0.154 e. The largest absolute Gasteiger partial charge is 0.309 e. The highest BCUT2D eigenvalue weighted by Gasteiger charge is 2.31. The molecule has 1 aliphatic heterocycles. The Morgan fingerprint density at radius 1 is 1.47 bits per heavy atom. The molecule has 2 rings (SSSR count). The number of hydrogen-bond donors (Lipinski definition) is 1. The maximum atomic E-state index is 11.8. The number of hydrogen-bond acceptors (Lipinski definition) is 3. The van der Waals surface area contributed by atoms with E-state index in [0.717, 1.165) is 24.8 Å². The van der Waals surface area contributed by atoms with Gasteiger partial charge in [-0.3, -0.25) is 0 Å². The monoisotopic (exact) mass is 301 g/mol. The van der Waals surface area contributed by atoms with Gasteiger partial charge in [0.15, 0.2) is 9.84 Å². The van der Waals surface area contributed by atoms with E-state index in [1.807, 2.05) is 24.3 Å². The van der Waals surface area contributed by atoms with Crippen LogP contribution in [0.5, 0.6) is 0 Å². The lowest BCUT2D eigenvalue weighted by Crippen LogP contribution is -2.33. The normalized spacial score (nSPS) is 23.4. The van der Waals surface area contributed by atoms with Crippen molar-refractivity contribution in [2.75, 3.05) is 12.3 Å². The van der Waals surface area contributed by atoms with Crippen molar-refractivity contribution in [3.63, 3.8) is 0 Å². The van der Waals surface area contributed by atoms with Crippen LogP contribution in [0.4, 0.5) is 0 Å². The third-order valence-electron chi connectivity index (χ3n) is 3.71. The number of nitrogens with one attached hydrogen (secondary N) is 1. The summed E-state index contributed by atoms with van der Waals surface area (Å²) < 4.78 is 23.6. The molecule has 1 heterocycles. The molecular formula is C14H20ClNO2S. The third kappa shape index (κ3) is 3.71. The molecule has 0 amide bonds. The Morgan fingerprint density at radius 3 is 2.84 bits per heavy atom. The topological polar surface area (TPSA) is 46.2 Å². The lowest BCUT2D eigenvalue weighted by atomic mass is 10.0. The molecule has 1 fully saturated rings. The minimum absolute atomic E-state index is 0.162. The van der Waals surface area contributed by atoms with Crippen LogP contribution in [0.2, 0.25) is 5.02 Å². The molecule has 1 saturated heterocycles. The van der Waals surface area contributed by atoms with Gasteiger partial charge in [0.25, 0.3) is 0 Å². The summed E-state index contributed by atoms with van der Waals surface area (Å²) in [5.41, 5.74) is 1.12. The molecule has 3 nitrogen and oxygen atoms in total. The van der Waals surface area contributed by atoms with E-state index >= 15 is 0 Å². The van der Waals surface area contributed by atoms with Crippen LogP contribution in [-0.4, -0.2) is 26.0 Å². The molecule has 1 aromatic carbocycles. The molecule has 0 saturated carbocycles. The molecule has 0 bridgehead atoms. The van der Waals surface area contributed by atoms with Crippen LogP contribution in [0.25, 0.3) is 0 Å². The Bertz CT molecular complexity index is 530. The molecule has 0 aliphatic carbocycles. The Labute approximate surface area is 120 Å². The fourth-order valence-electron chi connectivity index (χ4n) is 2.58. The van der Waals surface area contributed by atoms with Gasteiger partial charge in [-0.2, -0.15) is 0 Å². The standard InChI is InChI=1S/C14H20ClNO2S/c1-2-14(11-5-3-6-12(15)9-11)16-10-13-7-4-8-19(13,17)18/h3,5-6,9,13-14,16H,2,4,7-8,10H2,1H3. The predicted octanol–water partition coefficient (Wildman–Crippen LogP) is 2.96. The Hall–Kier alpha value is -0.580. The van der Waals surface area contributed by atoms with Crippen molar-refractivity contribution in [3.8, 4) is 0 Å². The first-order valence-corrected chi connectivity index (χ1v) is 8.82. The Balaban J connectivity index is 2.00. The molecule has 2 unspecified atom stereocenters. The fraction of sp³-hybridized carbons (Fsp3) is 0.571. The molecule has 0 radical (unpaired) electrons. The second-order valence-electron chi connectivity index (χ2n) is 5.06. The van der Waals surface area contributed by atoms with Crippen molar-refractivity contribution in [2.24, 2.45) is 0 Å². The first-order chi connectivity index (χ1) is 9.03. The van der Waals surface area contributed by atoms with Gasteiger partial charge in [-0.15, -0.1) is 0 Å². The number of sulfone groups is 1. The van der Waals surface area contributed by atoms with Crippen molar-refractivity contribution < 1.29 is 8.42 Å². The van der Waals surface area contributed by atoms with Crippen molar-refractivity contribution in [3.05, 3.63) is 34.9 Å². The Morgan fingerprint density at radius 2 is 2.26 bits per heavy atom. The molecule has 1 aromatic rings.